The number of morpholine rings is 1. The molecule has 0 aliphatic carbocycles. The summed E-state index contributed by atoms with van der Waals surface area (Å²) in [4.78, 5) is 11.4. The Hall–Kier alpha value is -3.26. The first-order valence-corrected chi connectivity index (χ1v) is 12.5. The van der Waals surface area contributed by atoms with Gasteiger partial charge in [0, 0.05) is 63.5 Å². The molecule has 2 N–H and O–H groups in total. The fourth-order valence-corrected chi connectivity index (χ4v) is 5.76. The van der Waals surface area contributed by atoms with Gasteiger partial charge < -0.3 is 20.3 Å². The predicted molar refractivity (Wildman–Crippen MR) is 135 cm³/mol. The molecule has 0 amide bonds. The van der Waals surface area contributed by atoms with E-state index in [1.54, 1.807) is 6.07 Å². The van der Waals surface area contributed by atoms with Crippen molar-refractivity contribution in [1.29, 1.82) is 5.26 Å². The second kappa shape index (κ2) is 8.69. The van der Waals surface area contributed by atoms with Crippen molar-refractivity contribution in [3.63, 3.8) is 0 Å². The van der Waals surface area contributed by atoms with Crippen molar-refractivity contribution in [1.82, 2.24) is 19.5 Å². The van der Waals surface area contributed by atoms with Crippen LogP contribution in [0.25, 0.3) is 5.52 Å². The summed E-state index contributed by atoms with van der Waals surface area (Å²) in [6, 6.07) is 9.88. The molecule has 0 unspecified atom stereocenters. The van der Waals surface area contributed by atoms with Gasteiger partial charge in [-0.2, -0.15) is 10.4 Å². The van der Waals surface area contributed by atoms with Crippen molar-refractivity contribution in [2.75, 3.05) is 55.6 Å². The largest absolute Gasteiger partial charge is 0.370 e. The quantitative estimate of drug-likeness (QED) is 0.580. The van der Waals surface area contributed by atoms with Crippen LogP contribution in [-0.2, 0) is 4.74 Å². The lowest BCUT2D eigenvalue weighted by Crippen LogP contribution is -2.65. The van der Waals surface area contributed by atoms with Gasteiger partial charge in [-0.25, -0.2) is 13.9 Å². The van der Waals surface area contributed by atoms with Gasteiger partial charge in [-0.05, 0) is 37.6 Å². The molecule has 0 aromatic carbocycles. The minimum Gasteiger partial charge on any atom is -0.370 e. The first-order chi connectivity index (χ1) is 17.3. The van der Waals surface area contributed by atoms with Gasteiger partial charge in [0.25, 0.3) is 0 Å². The van der Waals surface area contributed by atoms with E-state index in [9.17, 15) is 9.65 Å². The summed E-state index contributed by atoms with van der Waals surface area (Å²) in [5, 5.41) is 13.4. The molecule has 0 bridgehead atoms. The van der Waals surface area contributed by atoms with Crippen molar-refractivity contribution in [2.45, 2.75) is 37.5 Å². The molecule has 36 heavy (non-hydrogen) atoms. The molecule has 0 saturated carbocycles. The predicted octanol–water partition coefficient (Wildman–Crippen LogP) is 1.97. The molecule has 0 radical (unpaired) electrons. The van der Waals surface area contributed by atoms with Gasteiger partial charge in [-0.15, -0.1) is 0 Å². The van der Waals surface area contributed by atoms with Gasteiger partial charge in [0.1, 0.15) is 23.1 Å². The number of fused-ring (bicyclic) bond motifs is 1. The summed E-state index contributed by atoms with van der Waals surface area (Å²) in [6.45, 7) is 9.87. The zero-order valence-corrected chi connectivity index (χ0v) is 20.6. The smallest absolute Gasteiger partial charge is 0.171 e. The topological polar surface area (TPSA) is 99.0 Å². The van der Waals surface area contributed by atoms with Crippen molar-refractivity contribution in [3.05, 3.63) is 53.7 Å². The number of hydrogen-bond acceptors (Lipinski definition) is 8. The SMILES string of the molecule is C[C@@H]1CN(c2ccc(C#N)n3ncc(F)c23)C[C@H](CN2CC(c3ccc(N4CC(C)(N)C4)nc3)C2)O1. The second-order valence-electron chi connectivity index (χ2n) is 10.8. The fourth-order valence-electron chi connectivity index (χ4n) is 5.76. The lowest BCUT2D eigenvalue weighted by Gasteiger charge is -2.46. The van der Waals surface area contributed by atoms with E-state index in [-0.39, 0.29) is 17.7 Å². The highest BCUT2D eigenvalue weighted by atomic mass is 19.1. The van der Waals surface area contributed by atoms with Gasteiger partial charge in [-0.3, -0.25) is 4.90 Å². The number of nitrogens with zero attached hydrogens (tertiary/aromatic N) is 7. The van der Waals surface area contributed by atoms with Crippen LogP contribution in [0.5, 0.6) is 0 Å². The molecule has 3 aliphatic rings. The van der Waals surface area contributed by atoms with Crippen LogP contribution in [-0.4, -0.2) is 83.1 Å². The Bertz CT molecular complexity index is 1300. The number of nitriles is 1. The van der Waals surface area contributed by atoms with Crippen LogP contribution in [0.15, 0.2) is 36.7 Å². The standard InChI is InChI=1S/C26H31FN8O/c1-17-10-33(23-5-4-20(7-28)35-25(23)22(27)9-31-35)14-21(36-17)13-32-11-19(12-32)18-3-6-24(30-8-18)34-15-26(2,29)16-34/h3-6,8-9,17,19,21H,10-16,29H2,1-2H3/t17-,21+/m1/s1. The normalized spacial score (nSPS) is 24.4. The number of pyridine rings is 2. The van der Waals surface area contributed by atoms with Gasteiger partial charge in [0.15, 0.2) is 5.82 Å². The maximum atomic E-state index is 14.6. The summed E-state index contributed by atoms with van der Waals surface area (Å²) in [7, 11) is 0. The highest BCUT2D eigenvalue weighted by Crippen LogP contribution is 2.32. The Kier molecular flexibility index (Phi) is 5.59. The summed E-state index contributed by atoms with van der Waals surface area (Å²) in [5.41, 5.74) is 8.67. The molecular formula is C26H31FN8O. The molecule has 10 heteroatoms. The number of rotatable bonds is 5. The van der Waals surface area contributed by atoms with E-state index < -0.39 is 5.82 Å². The van der Waals surface area contributed by atoms with Crippen LogP contribution >= 0.6 is 0 Å². The molecule has 3 aromatic heterocycles. The number of hydrogen-bond donors (Lipinski definition) is 1. The van der Waals surface area contributed by atoms with Gasteiger partial charge >= 0.3 is 0 Å². The number of anilines is 2. The van der Waals surface area contributed by atoms with E-state index in [4.69, 9.17) is 10.5 Å². The summed E-state index contributed by atoms with van der Waals surface area (Å²) < 4.78 is 22.2. The molecule has 3 fully saturated rings. The Labute approximate surface area is 209 Å². The minimum absolute atomic E-state index is 0.00821. The Balaban J connectivity index is 1.08. The maximum absolute atomic E-state index is 14.6. The van der Waals surface area contributed by atoms with Gasteiger partial charge in [0.05, 0.1) is 24.1 Å². The lowest BCUT2D eigenvalue weighted by atomic mass is 9.91. The molecule has 188 valence electrons. The molecule has 3 saturated heterocycles. The van der Waals surface area contributed by atoms with E-state index in [1.165, 1.54) is 16.3 Å². The average Bonchev–Trinajstić information content (AvgIpc) is 3.20. The third-order valence-electron chi connectivity index (χ3n) is 7.47. The number of ether oxygens (including phenoxy) is 1. The van der Waals surface area contributed by atoms with Crippen molar-refractivity contribution in [3.8, 4) is 6.07 Å². The van der Waals surface area contributed by atoms with E-state index in [1.807, 2.05) is 19.2 Å². The maximum Gasteiger partial charge on any atom is 0.171 e. The first-order valence-electron chi connectivity index (χ1n) is 12.5. The third kappa shape index (κ3) is 4.17. The first kappa shape index (κ1) is 23.2. The van der Waals surface area contributed by atoms with E-state index in [2.05, 4.69) is 49.9 Å². The number of nitrogens with two attached hydrogens (primary N) is 1. The van der Waals surface area contributed by atoms with E-state index in [0.717, 1.165) is 44.2 Å². The van der Waals surface area contributed by atoms with Crippen LogP contribution < -0.4 is 15.5 Å². The average molecular weight is 491 g/mol. The van der Waals surface area contributed by atoms with Crippen LogP contribution in [0, 0.1) is 17.1 Å². The van der Waals surface area contributed by atoms with Crippen LogP contribution in [0.1, 0.15) is 31.0 Å². The minimum atomic E-state index is -0.422. The van der Waals surface area contributed by atoms with E-state index >= 15 is 0 Å². The Morgan fingerprint density at radius 2 is 1.94 bits per heavy atom. The van der Waals surface area contributed by atoms with Crippen LogP contribution in [0.2, 0.25) is 0 Å². The lowest BCUT2D eigenvalue weighted by molar-refractivity contribution is -0.0435. The molecule has 6 rings (SSSR count). The zero-order valence-electron chi connectivity index (χ0n) is 20.6. The van der Waals surface area contributed by atoms with Crippen LogP contribution in [0.4, 0.5) is 15.9 Å². The summed E-state index contributed by atoms with van der Waals surface area (Å²) in [5.74, 6) is 1.04. The monoisotopic (exact) mass is 490 g/mol. The number of likely N-dealkylation sites (tertiary alicyclic amines) is 1. The number of halogens is 1. The second-order valence-corrected chi connectivity index (χ2v) is 10.8. The third-order valence-corrected chi connectivity index (χ3v) is 7.47. The number of aromatic nitrogens is 3. The molecule has 9 nitrogen and oxygen atoms in total. The van der Waals surface area contributed by atoms with Crippen molar-refractivity contribution >= 4 is 17.0 Å². The Morgan fingerprint density at radius 3 is 2.64 bits per heavy atom. The molecule has 2 atom stereocenters. The molecular weight excluding hydrogens is 459 g/mol. The van der Waals surface area contributed by atoms with Crippen LogP contribution in [0.3, 0.4) is 0 Å². The van der Waals surface area contributed by atoms with Gasteiger partial charge in [-0.1, -0.05) is 6.07 Å². The fraction of sp³-hybridized carbons (Fsp3) is 0.500. The highest BCUT2D eigenvalue weighted by molar-refractivity contribution is 5.74. The van der Waals surface area contributed by atoms with Crippen molar-refractivity contribution < 1.29 is 9.13 Å². The van der Waals surface area contributed by atoms with Gasteiger partial charge in [0.2, 0.25) is 0 Å². The molecule has 6 heterocycles. The molecule has 0 spiro atoms. The summed E-state index contributed by atoms with van der Waals surface area (Å²) >= 11 is 0. The zero-order chi connectivity index (χ0) is 25.0. The Morgan fingerprint density at radius 1 is 1.14 bits per heavy atom. The molecule has 3 aromatic rings. The summed E-state index contributed by atoms with van der Waals surface area (Å²) in [6.07, 6.45) is 3.19. The highest BCUT2D eigenvalue weighted by Gasteiger charge is 2.37. The van der Waals surface area contributed by atoms with Crippen molar-refractivity contribution in [2.24, 2.45) is 5.73 Å². The molecule has 3 aliphatic heterocycles. The van der Waals surface area contributed by atoms with E-state index in [0.29, 0.717) is 30.2 Å².